The first-order valence-corrected chi connectivity index (χ1v) is 9.70. The molecule has 1 amide bonds. The number of aromatic nitrogens is 2. The van der Waals surface area contributed by atoms with Gasteiger partial charge in [-0.1, -0.05) is 5.16 Å². The van der Waals surface area contributed by atoms with E-state index in [0.29, 0.717) is 17.9 Å². The van der Waals surface area contributed by atoms with E-state index in [4.69, 9.17) is 4.52 Å². The molecule has 4 rings (SSSR count). The molecule has 0 saturated carbocycles. The van der Waals surface area contributed by atoms with Gasteiger partial charge < -0.3 is 19.6 Å². The Bertz CT molecular complexity index is 618. The van der Waals surface area contributed by atoms with Gasteiger partial charge in [-0.25, -0.2) is 0 Å². The molecule has 1 spiro atoms. The number of anilines is 1. The Morgan fingerprint density at radius 1 is 1.16 bits per heavy atom. The molecular formula is C18H29N5O2. The number of carbonyl (C=O) groups excluding carboxylic acids is 1. The van der Waals surface area contributed by atoms with Crippen molar-refractivity contribution < 1.29 is 9.32 Å². The molecule has 0 radical (unpaired) electrons. The molecule has 138 valence electrons. The van der Waals surface area contributed by atoms with E-state index in [0.717, 1.165) is 51.9 Å². The average molecular weight is 347 g/mol. The maximum atomic E-state index is 11.7. The Hall–Kier alpha value is -1.63. The van der Waals surface area contributed by atoms with Gasteiger partial charge in [0.2, 0.25) is 5.91 Å². The second-order valence-electron chi connectivity index (χ2n) is 8.04. The van der Waals surface area contributed by atoms with E-state index < -0.39 is 0 Å². The van der Waals surface area contributed by atoms with Crippen LogP contribution in [0, 0.1) is 12.3 Å². The van der Waals surface area contributed by atoms with E-state index in [1.165, 1.54) is 25.8 Å². The highest BCUT2D eigenvalue weighted by Gasteiger charge is 2.40. The monoisotopic (exact) mass is 347 g/mol. The van der Waals surface area contributed by atoms with Gasteiger partial charge in [-0.05, 0) is 64.0 Å². The Labute approximate surface area is 149 Å². The fraction of sp³-hybridized carbons (Fsp3) is 0.833. The quantitative estimate of drug-likeness (QED) is 0.878. The second kappa shape index (κ2) is 6.94. The van der Waals surface area contributed by atoms with E-state index in [-0.39, 0.29) is 11.3 Å². The number of amides is 1. The van der Waals surface area contributed by atoms with Crippen LogP contribution in [-0.2, 0) is 4.79 Å². The third-order valence-corrected chi connectivity index (χ3v) is 6.28. The highest BCUT2D eigenvalue weighted by Crippen LogP contribution is 2.38. The van der Waals surface area contributed by atoms with Crippen molar-refractivity contribution in [3.8, 4) is 0 Å². The largest absolute Gasteiger partial charge is 0.356 e. The summed E-state index contributed by atoms with van der Waals surface area (Å²) >= 11 is 0. The second-order valence-corrected chi connectivity index (χ2v) is 8.04. The summed E-state index contributed by atoms with van der Waals surface area (Å²) in [7, 11) is 0. The summed E-state index contributed by atoms with van der Waals surface area (Å²) in [5.41, 5.74) is 0.226. The standard InChI is InChI=1S/C18H29N5O2/c1-14-20-17(25-21-14)23-8-2-4-15(5-10-23)22-9-3-6-18(7-11-22)12-16(24)19-13-18/h15H,2-13H2,1H3,(H,19,24). The summed E-state index contributed by atoms with van der Waals surface area (Å²) in [4.78, 5) is 21.0. The zero-order valence-corrected chi connectivity index (χ0v) is 15.2. The van der Waals surface area contributed by atoms with Crippen LogP contribution < -0.4 is 10.2 Å². The summed E-state index contributed by atoms with van der Waals surface area (Å²) in [6.45, 7) is 7.01. The van der Waals surface area contributed by atoms with E-state index in [2.05, 4.69) is 25.3 Å². The van der Waals surface area contributed by atoms with Gasteiger partial charge in [0.25, 0.3) is 0 Å². The number of likely N-dealkylation sites (tertiary alicyclic amines) is 1. The third kappa shape index (κ3) is 3.66. The predicted octanol–water partition coefficient (Wildman–Crippen LogP) is 1.73. The lowest BCUT2D eigenvalue weighted by Crippen LogP contribution is -2.37. The van der Waals surface area contributed by atoms with Crippen molar-refractivity contribution in [2.24, 2.45) is 5.41 Å². The van der Waals surface area contributed by atoms with Crippen LogP contribution in [0.15, 0.2) is 4.52 Å². The summed E-state index contributed by atoms with van der Waals surface area (Å²) in [5.74, 6) is 0.946. The van der Waals surface area contributed by atoms with Crippen LogP contribution in [0.4, 0.5) is 6.01 Å². The number of hydrogen-bond donors (Lipinski definition) is 1. The molecule has 25 heavy (non-hydrogen) atoms. The van der Waals surface area contributed by atoms with Gasteiger partial charge in [-0.3, -0.25) is 4.79 Å². The van der Waals surface area contributed by atoms with Crippen molar-refractivity contribution in [2.45, 2.75) is 57.9 Å². The number of aryl methyl sites for hydroxylation is 1. The van der Waals surface area contributed by atoms with Gasteiger partial charge >= 0.3 is 6.01 Å². The highest BCUT2D eigenvalue weighted by atomic mass is 16.5. The fourth-order valence-corrected chi connectivity index (χ4v) is 4.79. The van der Waals surface area contributed by atoms with Gasteiger partial charge in [0.05, 0.1) is 0 Å². The lowest BCUT2D eigenvalue weighted by Gasteiger charge is -2.31. The lowest BCUT2D eigenvalue weighted by atomic mass is 9.80. The molecule has 7 nitrogen and oxygen atoms in total. The minimum atomic E-state index is 0.226. The van der Waals surface area contributed by atoms with Crippen molar-refractivity contribution in [1.29, 1.82) is 0 Å². The molecule has 4 heterocycles. The molecule has 3 fully saturated rings. The van der Waals surface area contributed by atoms with Crippen LogP contribution in [0.5, 0.6) is 0 Å². The lowest BCUT2D eigenvalue weighted by molar-refractivity contribution is -0.119. The first-order valence-electron chi connectivity index (χ1n) is 9.70. The Kier molecular flexibility index (Phi) is 4.67. The molecule has 1 aromatic rings. The van der Waals surface area contributed by atoms with E-state index in [1.54, 1.807) is 0 Å². The number of hydrogen-bond acceptors (Lipinski definition) is 6. The number of nitrogens with zero attached hydrogens (tertiary/aromatic N) is 4. The molecule has 7 heteroatoms. The van der Waals surface area contributed by atoms with Gasteiger partial charge in [-0.15, -0.1) is 0 Å². The van der Waals surface area contributed by atoms with Gasteiger partial charge in [0.1, 0.15) is 0 Å². The molecule has 3 aliphatic heterocycles. The zero-order valence-electron chi connectivity index (χ0n) is 15.2. The topological polar surface area (TPSA) is 74.5 Å². The van der Waals surface area contributed by atoms with Crippen LogP contribution in [0.2, 0.25) is 0 Å². The average Bonchev–Trinajstić information content (AvgIpc) is 3.01. The first-order chi connectivity index (χ1) is 12.1. The minimum absolute atomic E-state index is 0.226. The molecule has 2 unspecified atom stereocenters. The van der Waals surface area contributed by atoms with E-state index >= 15 is 0 Å². The maximum Gasteiger partial charge on any atom is 0.324 e. The van der Waals surface area contributed by atoms with Crippen LogP contribution in [0.25, 0.3) is 0 Å². The van der Waals surface area contributed by atoms with E-state index in [9.17, 15) is 4.79 Å². The third-order valence-electron chi connectivity index (χ3n) is 6.28. The molecule has 1 aromatic heterocycles. The van der Waals surface area contributed by atoms with Crippen LogP contribution in [-0.4, -0.2) is 59.7 Å². The molecule has 0 aromatic carbocycles. The summed E-state index contributed by atoms with van der Waals surface area (Å²) in [6, 6.07) is 1.30. The van der Waals surface area contributed by atoms with Gasteiger partial charge in [0, 0.05) is 32.1 Å². The van der Waals surface area contributed by atoms with Crippen molar-refractivity contribution >= 4 is 11.9 Å². The summed E-state index contributed by atoms with van der Waals surface area (Å²) < 4.78 is 5.35. The van der Waals surface area contributed by atoms with Crippen molar-refractivity contribution in [3.63, 3.8) is 0 Å². The molecule has 1 N–H and O–H groups in total. The molecule has 3 aliphatic rings. The fourth-order valence-electron chi connectivity index (χ4n) is 4.79. The molecular weight excluding hydrogens is 318 g/mol. The van der Waals surface area contributed by atoms with E-state index in [1.807, 2.05) is 6.92 Å². The number of carbonyl (C=O) groups is 1. The normalized spacial score (nSPS) is 31.8. The summed E-state index contributed by atoms with van der Waals surface area (Å²) in [5, 5.41) is 6.97. The smallest absolute Gasteiger partial charge is 0.324 e. The van der Waals surface area contributed by atoms with Crippen molar-refractivity contribution in [3.05, 3.63) is 5.82 Å². The van der Waals surface area contributed by atoms with Crippen LogP contribution in [0.1, 0.15) is 50.8 Å². The molecule has 0 aliphatic carbocycles. The van der Waals surface area contributed by atoms with Gasteiger partial charge in [0.15, 0.2) is 5.82 Å². The van der Waals surface area contributed by atoms with Crippen LogP contribution in [0.3, 0.4) is 0 Å². The minimum Gasteiger partial charge on any atom is -0.356 e. The zero-order chi connectivity index (χ0) is 17.3. The number of rotatable bonds is 2. The molecule has 0 bridgehead atoms. The van der Waals surface area contributed by atoms with Crippen molar-refractivity contribution in [2.75, 3.05) is 37.6 Å². The summed E-state index contributed by atoms with van der Waals surface area (Å²) in [6.07, 6.45) is 7.80. The van der Waals surface area contributed by atoms with Crippen LogP contribution >= 0.6 is 0 Å². The predicted molar refractivity (Wildman–Crippen MR) is 94.4 cm³/mol. The molecule has 3 saturated heterocycles. The first kappa shape index (κ1) is 16.8. The SMILES string of the molecule is Cc1noc(N2CCCC(N3CCCC4(CC3)CNC(=O)C4)CC2)n1. The number of nitrogens with one attached hydrogen (secondary N) is 1. The molecule has 2 atom stereocenters. The van der Waals surface area contributed by atoms with Crippen molar-refractivity contribution in [1.82, 2.24) is 20.4 Å². The Morgan fingerprint density at radius 3 is 2.84 bits per heavy atom. The highest BCUT2D eigenvalue weighted by molar-refractivity contribution is 5.79. The Balaban J connectivity index is 1.35. The van der Waals surface area contributed by atoms with Gasteiger partial charge in [-0.2, -0.15) is 4.98 Å². The maximum absolute atomic E-state index is 11.7. The Morgan fingerprint density at radius 2 is 2.08 bits per heavy atom.